The maximum Gasteiger partial charge on any atom is 0.112 e. The Morgan fingerprint density at radius 2 is 2.06 bits per heavy atom. The molecule has 0 aliphatic heterocycles. The molecule has 3 heteroatoms. The number of aromatic nitrogens is 1. The molecule has 96 valence electrons. The zero-order valence-electron chi connectivity index (χ0n) is 11.4. The fourth-order valence-corrected chi connectivity index (χ4v) is 3.51. The van der Waals surface area contributed by atoms with Gasteiger partial charge in [-0.15, -0.1) is 11.3 Å². The second kappa shape index (κ2) is 5.07. The molecule has 2 rings (SSSR count). The van der Waals surface area contributed by atoms with Crippen LogP contribution in [-0.4, -0.2) is 11.0 Å². The van der Waals surface area contributed by atoms with Crippen molar-refractivity contribution in [2.24, 2.45) is 11.8 Å². The van der Waals surface area contributed by atoms with E-state index in [1.807, 2.05) is 6.20 Å². The predicted octanol–water partition coefficient (Wildman–Crippen LogP) is 3.79. The maximum absolute atomic E-state index is 4.44. The Morgan fingerprint density at radius 1 is 1.29 bits per heavy atom. The van der Waals surface area contributed by atoms with Crippen LogP contribution < -0.4 is 5.32 Å². The minimum absolute atomic E-state index is 0.0130. The van der Waals surface area contributed by atoms with Crippen molar-refractivity contribution in [3.8, 4) is 0 Å². The van der Waals surface area contributed by atoms with E-state index in [1.165, 1.54) is 24.3 Å². The summed E-state index contributed by atoms with van der Waals surface area (Å²) in [5, 5.41) is 7.05. The normalized spacial score (nSPS) is 30.5. The molecular weight excluding hydrogens is 228 g/mol. The highest BCUT2D eigenvalue weighted by Crippen LogP contribution is 2.32. The predicted molar refractivity (Wildman–Crippen MR) is 74.2 cm³/mol. The summed E-state index contributed by atoms with van der Waals surface area (Å²) in [6.07, 6.45) is 5.86. The van der Waals surface area contributed by atoms with Gasteiger partial charge in [0.1, 0.15) is 5.01 Å². The number of hydrogen-bond acceptors (Lipinski definition) is 3. The zero-order valence-corrected chi connectivity index (χ0v) is 12.2. The first-order chi connectivity index (χ1) is 7.99. The van der Waals surface area contributed by atoms with Gasteiger partial charge in [-0.2, -0.15) is 0 Å². The fourth-order valence-electron chi connectivity index (χ4n) is 2.78. The molecule has 0 bridgehead atoms. The first kappa shape index (κ1) is 13.0. The smallest absolute Gasteiger partial charge is 0.112 e. The standard InChI is InChI=1S/C14H24N2S/c1-10-5-6-12(9-11(10)2)16-14(3,4)13-15-7-8-17-13/h7-8,10-12,16H,5-6,9H2,1-4H3. The van der Waals surface area contributed by atoms with E-state index in [0.29, 0.717) is 6.04 Å². The number of rotatable bonds is 3. The third kappa shape index (κ3) is 3.08. The van der Waals surface area contributed by atoms with Gasteiger partial charge in [-0.25, -0.2) is 4.98 Å². The molecular formula is C14H24N2S. The van der Waals surface area contributed by atoms with Crippen LogP contribution in [0.5, 0.6) is 0 Å². The Labute approximate surface area is 109 Å². The van der Waals surface area contributed by atoms with Gasteiger partial charge >= 0.3 is 0 Å². The van der Waals surface area contributed by atoms with Crippen LogP contribution >= 0.6 is 11.3 Å². The minimum Gasteiger partial charge on any atom is -0.303 e. The van der Waals surface area contributed by atoms with Gasteiger partial charge in [0.2, 0.25) is 0 Å². The second-order valence-corrected chi connectivity index (χ2v) is 6.97. The Bertz CT molecular complexity index is 345. The molecule has 1 aromatic rings. The number of thiazole rings is 1. The van der Waals surface area contributed by atoms with E-state index < -0.39 is 0 Å². The van der Waals surface area contributed by atoms with Crippen LogP contribution in [0.1, 0.15) is 52.0 Å². The first-order valence-corrected chi connectivity index (χ1v) is 7.54. The van der Waals surface area contributed by atoms with Gasteiger partial charge in [0.15, 0.2) is 0 Å². The maximum atomic E-state index is 4.44. The van der Waals surface area contributed by atoms with E-state index in [0.717, 1.165) is 11.8 Å². The Balaban J connectivity index is 1.97. The van der Waals surface area contributed by atoms with E-state index in [4.69, 9.17) is 0 Å². The first-order valence-electron chi connectivity index (χ1n) is 6.66. The molecule has 0 saturated heterocycles. The molecule has 1 N–H and O–H groups in total. The summed E-state index contributed by atoms with van der Waals surface area (Å²) in [4.78, 5) is 4.44. The average Bonchev–Trinajstić information content (AvgIpc) is 2.77. The SMILES string of the molecule is CC1CCC(NC(C)(C)c2nccs2)CC1C. The highest BCUT2D eigenvalue weighted by Gasteiger charge is 2.30. The van der Waals surface area contributed by atoms with E-state index in [2.05, 4.69) is 43.4 Å². The second-order valence-electron chi connectivity index (χ2n) is 6.07. The van der Waals surface area contributed by atoms with Gasteiger partial charge in [-0.05, 0) is 44.9 Å². The third-order valence-corrected chi connectivity index (χ3v) is 5.23. The van der Waals surface area contributed by atoms with Crippen LogP contribution in [0.15, 0.2) is 11.6 Å². The summed E-state index contributed by atoms with van der Waals surface area (Å²) < 4.78 is 0. The van der Waals surface area contributed by atoms with E-state index in [-0.39, 0.29) is 5.54 Å². The fraction of sp³-hybridized carbons (Fsp3) is 0.786. The molecule has 3 unspecified atom stereocenters. The number of nitrogens with one attached hydrogen (secondary N) is 1. The highest BCUT2D eigenvalue weighted by molar-refractivity contribution is 7.09. The van der Waals surface area contributed by atoms with Crippen molar-refractivity contribution in [1.29, 1.82) is 0 Å². The summed E-state index contributed by atoms with van der Waals surface area (Å²) in [5.74, 6) is 1.73. The van der Waals surface area contributed by atoms with E-state index in [9.17, 15) is 0 Å². The van der Waals surface area contributed by atoms with E-state index >= 15 is 0 Å². The van der Waals surface area contributed by atoms with Crippen molar-refractivity contribution in [1.82, 2.24) is 10.3 Å². The lowest BCUT2D eigenvalue weighted by Crippen LogP contribution is -2.46. The molecule has 0 amide bonds. The highest BCUT2D eigenvalue weighted by atomic mass is 32.1. The molecule has 1 aromatic heterocycles. The van der Waals surface area contributed by atoms with Crippen LogP contribution in [0.2, 0.25) is 0 Å². The quantitative estimate of drug-likeness (QED) is 0.885. The van der Waals surface area contributed by atoms with Crippen molar-refractivity contribution in [3.63, 3.8) is 0 Å². The Morgan fingerprint density at radius 3 is 2.65 bits per heavy atom. The largest absolute Gasteiger partial charge is 0.303 e. The van der Waals surface area contributed by atoms with Crippen molar-refractivity contribution in [3.05, 3.63) is 16.6 Å². The molecule has 1 saturated carbocycles. The van der Waals surface area contributed by atoms with Crippen LogP contribution in [0.25, 0.3) is 0 Å². The monoisotopic (exact) mass is 252 g/mol. The average molecular weight is 252 g/mol. The zero-order chi connectivity index (χ0) is 12.5. The lowest BCUT2D eigenvalue weighted by Gasteiger charge is -2.37. The lowest BCUT2D eigenvalue weighted by atomic mass is 9.78. The summed E-state index contributed by atoms with van der Waals surface area (Å²) >= 11 is 1.75. The molecule has 1 fully saturated rings. The van der Waals surface area contributed by atoms with Crippen molar-refractivity contribution < 1.29 is 0 Å². The summed E-state index contributed by atoms with van der Waals surface area (Å²) in [7, 11) is 0. The summed E-state index contributed by atoms with van der Waals surface area (Å²) in [5.41, 5.74) is 0.0130. The van der Waals surface area contributed by atoms with Gasteiger partial charge in [0.25, 0.3) is 0 Å². The molecule has 17 heavy (non-hydrogen) atoms. The van der Waals surface area contributed by atoms with Crippen molar-refractivity contribution in [2.75, 3.05) is 0 Å². The summed E-state index contributed by atoms with van der Waals surface area (Å²) in [6, 6.07) is 0.653. The van der Waals surface area contributed by atoms with Crippen molar-refractivity contribution >= 4 is 11.3 Å². The molecule has 0 radical (unpaired) electrons. The third-order valence-electron chi connectivity index (χ3n) is 4.13. The number of hydrogen-bond donors (Lipinski definition) is 1. The van der Waals surface area contributed by atoms with Crippen LogP contribution in [0.4, 0.5) is 0 Å². The van der Waals surface area contributed by atoms with Gasteiger partial charge < -0.3 is 5.32 Å². The van der Waals surface area contributed by atoms with Gasteiger partial charge in [-0.3, -0.25) is 0 Å². The molecule has 1 aliphatic rings. The van der Waals surface area contributed by atoms with Crippen LogP contribution in [0.3, 0.4) is 0 Å². The van der Waals surface area contributed by atoms with Gasteiger partial charge in [0, 0.05) is 17.6 Å². The van der Waals surface area contributed by atoms with Crippen LogP contribution in [0, 0.1) is 11.8 Å². The van der Waals surface area contributed by atoms with Gasteiger partial charge in [0.05, 0.1) is 5.54 Å². The molecule has 0 spiro atoms. The molecule has 3 atom stereocenters. The molecule has 0 aromatic carbocycles. The minimum atomic E-state index is 0.0130. The summed E-state index contributed by atoms with van der Waals surface area (Å²) in [6.45, 7) is 9.25. The van der Waals surface area contributed by atoms with Gasteiger partial charge in [-0.1, -0.05) is 13.8 Å². The lowest BCUT2D eigenvalue weighted by molar-refractivity contribution is 0.194. The molecule has 1 heterocycles. The number of nitrogens with zero attached hydrogens (tertiary/aromatic N) is 1. The van der Waals surface area contributed by atoms with Crippen LogP contribution in [-0.2, 0) is 5.54 Å². The Kier molecular flexibility index (Phi) is 3.88. The van der Waals surface area contributed by atoms with E-state index in [1.54, 1.807) is 11.3 Å². The Hall–Kier alpha value is -0.410. The molecule has 1 aliphatic carbocycles. The topological polar surface area (TPSA) is 24.9 Å². The van der Waals surface area contributed by atoms with Crippen molar-refractivity contribution in [2.45, 2.75) is 58.5 Å². The molecule has 2 nitrogen and oxygen atoms in total.